The third-order valence-electron chi connectivity index (χ3n) is 4.93. The summed E-state index contributed by atoms with van der Waals surface area (Å²) in [6, 6.07) is 17.7. The van der Waals surface area contributed by atoms with Crippen LogP contribution in [0.25, 0.3) is 11.8 Å². The summed E-state index contributed by atoms with van der Waals surface area (Å²) in [5, 5.41) is 0.623. The van der Waals surface area contributed by atoms with Gasteiger partial charge in [0, 0.05) is 22.1 Å². The average Bonchev–Trinajstić information content (AvgIpc) is 3.12. The Balaban J connectivity index is 1.69. The molecule has 1 amide bonds. The second-order valence-electron chi connectivity index (χ2n) is 6.99. The highest BCUT2D eigenvalue weighted by Crippen LogP contribution is 2.37. The number of nitrogens with zero attached hydrogens (tertiary/aromatic N) is 2. The molecule has 1 aromatic heterocycles. The van der Waals surface area contributed by atoms with Gasteiger partial charge >= 0.3 is 0 Å². The van der Waals surface area contributed by atoms with E-state index in [0.717, 1.165) is 28.3 Å². The largest absolute Gasteiger partial charge is 0.318 e. The molecule has 1 aliphatic rings. The summed E-state index contributed by atoms with van der Waals surface area (Å²) in [5.41, 5.74) is 6.28. The highest BCUT2D eigenvalue weighted by molar-refractivity contribution is 8.27. The molecule has 2 heterocycles. The molecule has 2 aromatic carbocycles. The summed E-state index contributed by atoms with van der Waals surface area (Å²) in [4.78, 5) is 15.2. The molecular weight excluding hydrogens is 420 g/mol. The van der Waals surface area contributed by atoms with Gasteiger partial charge in [-0.05, 0) is 74.9 Å². The molecular formula is C23H19ClN2OS2. The van der Waals surface area contributed by atoms with Gasteiger partial charge in [0.05, 0.1) is 10.6 Å². The molecule has 1 saturated heterocycles. The summed E-state index contributed by atoms with van der Waals surface area (Å²) >= 11 is 12.8. The number of halogens is 1. The molecule has 0 spiro atoms. The van der Waals surface area contributed by atoms with Gasteiger partial charge in [-0.2, -0.15) is 0 Å². The zero-order valence-electron chi connectivity index (χ0n) is 16.3. The summed E-state index contributed by atoms with van der Waals surface area (Å²) in [5.74, 6) is -0.109. The number of anilines is 1. The van der Waals surface area contributed by atoms with Crippen molar-refractivity contribution in [3.05, 3.63) is 87.0 Å². The fourth-order valence-corrected chi connectivity index (χ4v) is 4.86. The first kappa shape index (κ1) is 20.0. The number of aromatic nitrogens is 1. The van der Waals surface area contributed by atoms with Gasteiger partial charge in [0.1, 0.15) is 0 Å². The highest BCUT2D eigenvalue weighted by atomic mass is 35.5. The molecule has 0 aliphatic carbocycles. The van der Waals surface area contributed by atoms with Crippen LogP contribution in [0.3, 0.4) is 0 Å². The number of carbonyl (C=O) groups excluding carboxylic acids is 1. The Morgan fingerprint density at radius 1 is 0.966 bits per heavy atom. The third-order valence-corrected chi connectivity index (χ3v) is 6.48. The van der Waals surface area contributed by atoms with Gasteiger partial charge in [0.2, 0.25) is 0 Å². The Kier molecular flexibility index (Phi) is 5.38. The number of thiocarbonyl (C=S) groups is 1. The lowest BCUT2D eigenvalue weighted by Crippen LogP contribution is -2.27. The van der Waals surface area contributed by atoms with Crippen molar-refractivity contribution in [3.8, 4) is 5.69 Å². The summed E-state index contributed by atoms with van der Waals surface area (Å²) < 4.78 is 2.72. The van der Waals surface area contributed by atoms with Gasteiger partial charge in [-0.1, -0.05) is 53.3 Å². The molecule has 3 nitrogen and oxygen atoms in total. The van der Waals surface area contributed by atoms with Crippen molar-refractivity contribution in [2.45, 2.75) is 20.8 Å². The van der Waals surface area contributed by atoms with Gasteiger partial charge in [-0.3, -0.25) is 9.69 Å². The van der Waals surface area contributed by atoms with Crippen LogP contribution < -0.4 is 4.90 Å². The molecule has 0 N–H and O–H groups in total. The quantitative estimate of drug-likeness (QED) is 0.346. The van der Waals surface area contributed by atoms with Gasteiger partial charge < -0.3 is 4.57 Å². The first-order chi connectivity index (χ1) is 13.8. The van der Waals surface area contributed by atoms with E-state index in [2.05, 4.69) is 55.7 Å². The van der Waals surface area contributed by atoms with E-state index in [4.69, 9.17) is 23.8 Å². The zero-order valence-corrected chi connectivity index (χ0v) is 18.7. The average molecular weight is 439 g/mol. The van der Waals surface area contributed by atoms with Crippen molar-refractivity contribution in [1.82, 2.24) is 4.57 Å². The topological polar surface area (TPSA) is 25.2 Å². The van der Waals surface area contributed by atoms with Crippen molar-refractivity contribution < 1.29 is 4.79 Å². The SMILES string of the molecule is Cc1ccc(-n2c(C)cc(/C=C3/SC(=S)N(c4ccc(Cl)cc4)C3=O)c2C)cc1. The lowest BCUT2D eigenvalue weighted by atomic mass is 10.2. The van der Waals surface area contributed by atoms with Crippen LogP contribution in [0.1, 0.15) is 22.5 Å². The van der Waals surface area contributed by atoms with E-state index in [1.165, 1.54) is 17.3 Å². The van der Waals surface area contributed by atoms with Crippen molar-refractivity contribution in [2.24, 2.45) is 0 Å². The van der Waals surface area contributed by atoms with E-state index < -0.39 is 0 Å². The van der Waals surface area contributed by atoms with Crippen LogP contribution in [-0.4, -0.2) is 14.8 Å². The number of rotatable bonds is 3. The maximum Gasteiger partial charge on any atom is 0.270 e. The van der Waals surface area contributed by atoms with Crippen molar-refractivity contribution in [1.29, 1.82) is 0 Å². The molecule has 0 radical (unpaired) electrons. The summed E-state index contributed by atoms with van der Waals surface area (Å²) in [6.07, 6.45) is 1.93. The summed E-state index contributed by atoms with van der Waals surface area (Å²) in [6.45, 7) is 6.22. The van der Waals surface area contributed by atoms with Crippen LogP contribution in [0.2, 0.25) is 5.02 Å². The highest BCUT2D eigenvalue weighted by Gasteiger charge is 2.33. The standard InChI is InChI=1S/C23H19ClN2OS2/c1-14-4-8-19(9-5-14)25-15(2)12-17(16(25)3)13-21-22(27)26(23(28)29-21)20-10-6-18(24)7-11-20/h4-13H,1-3H3/b21-13+. The fraction of sp³-hybridized carbons (Fsp3) is 0.130. The van der Waals surface area contributed by atoms with E-state index in [-0.39, 0.29) is 5.91 Å². The van der Waals surface area contributed by atoms with Crippen molar-refractivity contribution in [3.63, 3.8) is 0 Å². The van der Waals surface area contributed by atoms with E-state index in [1.54, 1.807) is 29.2 Å². The molecule has 4 rings (SSSR count). The molecule has 0 unspecified atom stereocenters. The van der Waals surface area contributed by atoms with E-state index in [1.807, 2.05) is 6.08 Å². The Morgan fingerprint density at radius 3 is 2.24 bits per heavy atom. The minimum absolute atomic E-state index is 0.109. The number of hydrogen-bond donors (Lipinski definition) is 0. The minimum Gasteiger partial charge on any atom is -0.318 e. The second-order valence-corrected chi connectivity index (χ2v) is 9.10. The van der Waals surface area contributed by atoms with Crippen LogP contribution in [0, 0.1) is 20.8 Å². The molecule has 6 heteroatoms. The normalized spacial score (nSPS) is 15.6. The van der Waals surface area contributed by atoms with E-state index in [0.29, 0.717) is 14.2 Å². The monoisotopic (exact) mass is 438 g/mol. The molecule has 1 aliphatic heterocycles. The van der Waals surface area contributed by atoms with Gasteiger partial charge in [-0.15, -0.1) is 0 Å². The first-order valence-electron chi connectivity index (χ1n) is 9.14. The van der Waals surface area contributed by atoms with Crippen LogP contribution in [0.5, 0.6) is 0 Å². The maximum absolute atomic E-state index is 13.0. The third kappa shape index (κ3) is 3.78. The lowest BCUT2D eigenvalue weighted by molar-refractivity contribution is -0.113. The smallest absolute Gasteiger partial charge is 0.270 e. The molecule has 3 aromatic rings. The second kappa shape index (κ2) is 7.82. The van der Waals surface area contributed by atoms with Crippen LogP contribution in [0.4, 0.5) is 5.69 Å². The van der Waals surface area contributed by atoms with Crippen LogP contribution >= 0.6 is 35.6 Å². The molecule has 0 bridgehead atoms. The van der Waals surface area contributed by atoms with E-state index >= 15 is 0 Å². The first-order valence-corrected chi connectivity index (χ1v) is 10.7. The molecule has 0 saturated carbocycles. The van der Waals surface area contributed by atoms with Gasteiger partial charge in [0.15, 0.2) is 4.32 Å². The lowest BCUT2D eigenvalue weighted by Gasteiger charge is -2.14. The van der Waals surface area contributed by atoms with Crippen LogP contribution in [-0.2, 0) is 4.79 Å². The van der Waals surface area contributed by atoms with Gasteiger partial charge in [-0.25, -0.2) is 0 Å². The fourth-order valence-electron chi connectivity index (χ4n) is 3.45. The molecule has 146 valence electrons. The molecule has 1 fully saturated rings. The van der Waals surface area contributed by atoms with Crippen molar-refractivity contribution in [2.75, 3.05) is 4.90 Å². The predicted molar refractivity (Wildman–Crippen MR) is 127 cm³/mol. The zero-order chi connectivity index (χ0) is 20.7. The number of carbonyl (C=O) groups is 1. The van der Waals surface area contributed by atoms with Gasteiger partial charge in [0.25, 0.3) is 5.91 Å². The number of aryl methyl sites for hydroxylation is 2. The Bertz CT molecular complexity index is 1140. The predicted octanol–water partition coefficient (Wildman–Crippen LogP) is 6.46. The number of benzene rings is 2. The summed E-state index contributed by atoms with van der Waals surface area (Å²) in [7, 11) is 0. The number of hydrogen-bond acceptors (Lipinski definition) is 3. The van der Waals surface area contributed by atoms with E-state index in [9.17, 15) is 4.79 Å². The Labute approximate surface area is 185 Å². The van der Waals surface area contributed by atoms with Crippen molar-refractivity contribution >= 4 is 57.6 Å². The van der Waals surface area contributed by atoms with Crippen LogP contribution in [0.15, 0.2) is 59.5 Å². The number of amides is 1. The minimum atomic E-state index is -0.109. The molecule has 0 atom stereocenters. The molecule has 29 heavy (non-hydrogen) atoms. The Hall–Kier alpha value is -2.34. The Morgan fingerprint density at radius 2 is 1.59 bits per heavy atom. The number of thioether (sulfide) groups is 1. The maximum atomic E-state index is 13.0.